The number of ketones is 1. The maximum atomic E-state index is 11.6. The molecule has 0 spiro atoms. The molecule has 0 bridgehead atoms. The molecule has 2 aromatic carbocycles. The minimum Gasteiger partial charge on any atom is -0.540 e. The number of benzene rings is 2. The maximum absolute atomic E-state index is 11.6. The van der Waals surface area contributed by atoms with Gasteiger partial charge in [-0.05, 0) is 29.7 Å². The first-order valence-corrected chi connectivity index (χ1v) is 8.78. The van der Waals surface area contributed by atoms with E-state index in [9.17, 15) is 9.59 Å². The van der Waals surface area contributed by atoms with E-state index in [4.69, 9.17) is 5.73 Å². The molecule has 152 valence electrons. The quantitative estimate of drug-likeness (QED) is 0.309. The number of aromatic nitrogens is 2. The van der Waals surface area contributed by atoms with Crippen LogP contribution in [0, 0.1) is 0 Å². The Morgan fingerprint density at radius 2 is 1.52 bits per heavy atom. The van der Waals surface area contributed by atoms with Crippen molar-refractivity contribution < 1.29 is 30.0 Å². The smallest absolute Gasteiger partial charge is 0.178 e. The van der Waals surface area contributed by atoms with Crippen LogP contribution in [0.3, 0.4) is 0 Å². The predicted molar refractivity (Wildman–Crippen MR) is 112 cm³/mol. The van der Waals surface area contributed by atoms with E-state index < -0.39 is 6.04 Å². The van der Waals surface area contributed by atoms with Crippen molar-refractivity contribution in [3.63, 3.8) is 0 Å². The van der Waals surface area contributed by atoms with Crippen LogP contribution < -0.4 is 5.73 Å². The molecule has 0 saturated heterocycles. The van der Waals surface area contributed by atoms with Crippen molar-refractivity contribution in [1.29, 1.82) is 0 Å². The van der Waals surface area contributed by atoms with Gasteiger partial charge in [-0.25, -0.2) is 11.3 Å². The number of H-pyrrole nitrogens is 1. The fourth-order valence-electron chi connectivity index (χ4n) is 2.22. The van der Waals surface area contributed by atoms with Gasteiger partial charge >= 0.3 is 0 Å². The first-order valence-electron chi connectivity index (χ1n) is 8.78. The van der Waals surface area contributed by atoms with E-state index in [2.05, 4.69) is 9.97 Å². The molecule has 0 aliphatic carbocycles. The van der Waals surface area contributed by atoms with Gasteiger partial charge in [0.15, 0.2) is 5.78 Å². The van der Waals surface area contributed by atoms with Gasteiger partial charge < -0.3 is 15.5 Å². The van der Waals surface area contributed by atoms with Crippen molar-refractivity contribution in [3.05, 3.63) is 102 Å². The van der Waals surface area contributed by atoms with Gasteiger partial charge in [-0.15, -0.1) is 0 Å². The number of nitrogens with one attached hydrogen (secondary N) is 1. The third kappa shape index (κ3) is 10.3. The third-order valence-electron chi connectivity index (χ3n) is 3.63. The second kappa shape index (κ2) is 14.1. The summed E-state index contributed by atoms with van der Waals surface area (Å²) in [4.78, 5) is 28.2. The van der Waals surface area contributed by atoms with Crippen molar-refractivity contribution in [3.8, 4) is 0 Å². The molecule has 5 nitrogen and oxygen atoms in total. The third-order valence-corrected chi connectivity index (χ3v) is 3.63. The summed E-state index contributed by atoms with van der Waals surface area (Å²) in [6.07, 6.45) is 12.1. The second-order valence-corrected chi connectivity index (χ2v) is 5.90. The summed E-state index contributed by atoms with van der Waals surface area (Å²) in [6, 6.07) is 19.0. The zero-order valence-electron chi connectivity index (χ0n) is 15.7. The van der Waals surface area contributed by atoms with E-state index in [1.54, 1.807) is 31.0 Å². The minimum atomic E-state index is -0.541. The van der Waals surface area contributed by atoms with Crippen molar-refractivity contribution >= 4 is 24.2 Å². The van der Waals surface area contributed by atoms with Gasteiger partial charge in [-0.2, -0.15) is 0 Å². The molecule has 0 fully saturated rings. The molecular weight excluding hydrogens is 457 g/mol. The Balaban J connectivity index is 0.000000327. The average Bonchev–Trinajstić information content (AvgIpc) is 3.25. The maximum Gasteiger partial charge on any atom is 0.178 e. The van der Waals surface area contributed by atoms with E-state index in [1.807, 2.05) is 72.8 Å². The zero-order valence-corrected chi connectivity index (χ0v) is 17.2. The van der Waals surface area contributed by atoms with Crippen LogP contribution >= 0.6 is 0 Å². The Morgan fingerprint density at radius 3 is 1.93 bits per heavy atom. The molecule has 0 saturated carbocycles. The van der Waals surface area contributed by atoms with Gasteiger partial charge in [-0.1, -0.05) is 78.9 Å². The van der Waals surface area contributed by atoms with Crippen LogP contribution in [-0.4, -0.2) is 28.1 Å². The average molecular weight is 479 g/mol. The minimum absolute atomic E-state index is 0. The molecular formula is C23H22N3O2Pd-. The second-order valence-electron chi connectivity index (χ2n) is 5.90. The molecule has 3 aromatic rings. The van der Waals surface area contributed by atoms with Crippen LogP contribution in [-0.2, 0) is 36.4 Å². The molecule has 1 aromatic heterocycles. The Morgan fingerprint density at radius 1 is 1.00 bits per heavy atom. The summed E-state index contributed by atoms with van der Waals surface area (Å²) >= 11 is 0. The summed E-state index contributed by atoms with van der Waals surface area (Å²) < 4.78 is 0. The Kier molecular flexibility index (Phi) is 11.8. The van der Waals surface area contributed by atoms with Crippen molar-refractivity contribution in [1.82, 2.24) is 9.97 Å². The summed E-state index contributed by atoms with van der Waals surface area (Å²) in [5.41, 5.74) is 8.20. The molecule has 3 rings (SSSR count). The van der Waals surface area contributed by atoms with Crippen LogP contribution in [0.5, 0.6) is 0 Å². The topological polar surface area (TPSA) is 88.8 Å². The number of rotatable bonds is 7. The van der Waals surface area contributed by atoms with Crippen LogP contribution in [0.1, 0.15) is 16.8 Å². The summed E-state index contributed by atoms with van der Waals surface area (Å²) in [5.74, 6) is -0.0114. The molecule has 3 N–H and O–H groups in total. The van der Waals surface area contributed by atoms with E-state index in [-0.39, 0.29) is 26.2 Å². The predicted octanol–water partition coefficient (Wildman–Crippen LogP) is 3.37. The van der Waals surface area contributed by atoms with Crippen molar-refractivity contribution in [2.75, 3.05) is 0 Å². The number of carbonyl (C=O) groups is 1. The van der Waals surface area contributed by atoms with Crippen molar-refractivity contribution in [2.24, 2.45) is 5.73 Å². The molecule has 1 heterocycles. The summed E-state index contributed by atoms with van der Waals surface area (Å²) in [7, 11) is 0. The van der Waals surface area contributed by atoms with E-state index in [1.165, 1.54) is 0 Å². The first kappa shape index (κ1) is 24.1. The van der Waals surface area contributed by atoms with Gasteiger partial charge in [0.1, 0.15) is 0 Å². The van der Waals surface area contributed by atoms with Gasteiger partial charge in [0.05, 0.1) is 6.33 Å². The van der Waals surface area contributed by atoms with E-state index >= 15 is 0 Å². The number of nitrogens with zero attached hydrogens (tertiary/aromatic N) is 1. The van der Waals surface area contributed by atoms with Crippen LogP contribution in [0.2, 0.25) is 0 Å². The Labute approximate surface area is 184 Å². The molecule has 29 heavy (non-hydrogen) atoms. The van der Waals surface area contributed by atoms with Gasteiger partial charge in [0.2, 0.25) is 0 Å². The van der Waals surface area contributed by atoms with Gasteiger partial charge in [-0.3, -0.25) is 4.79 Å². The number of hydrogen-bond donors (Lipinski definition) is 2. The van der Waals surface area contributed by atoms with Gasteiger partial charge in [0.25, 0.3) is 0 Å². The summed E-state index contributed by atoms with van der Waals surface area (Å²) in [6.45, 7) is 0. The van der Waals surface area contributed by atoms with Crippen LogP contribution in [0.15, 0.2) is 85.3 Å². The molecule has 0 radical (unpaired) electrons. The number of imidazole rings is 1. The molecule has 6 heteroatoms. The number of nitrogens with two attached hydrogens (primary N) is 1. The largest absolute Gasteiger partial charge is 0.540 e. The number of allylic oxidation sites excluding steroid dienone is 2. The fraction of sp³-hybridized carbons (Fsp3) is 0.0870. The molecule has 0 aliphatic heterocycles. The molecule has 0 unspecified atom stereocenters. The van der Waals surface area contributed by atoms with Crippen LogP contribution in [0.25, 0.3) is 12.2 Å². The monoisotopic (exact) mass is 478 g/mol. The van der Waals surface area contributed by atoms with E-state index in [0.717, 1.165) is 16.8 Å². The molecule has 0 amide bonds. The SMILES string of the molecule is N[C@H]([C-]=O)Cc1cnc[nH]1.O=C(C=Cc1ccccc1)C=Cc1ccccc1.[Pd]. The molecule has 0 aliphatic rings. The van der Waals surface area contributed by atoms with Crippen molar-refractivity contribution in [2.45, 2.75) is 12.5 Å². The first-order chi connectivity index (χ1) is 13.7. The van der Waals surface area contributed by atoms with E-state index in [0.29, 0.717) is 6.42 Å². The standard InChI is InChI=1S/C17H14O.C6H8N3O.Pd/c18-17(13-11-15-7-3-1-4-8-15)14-12-16-9-5-2-6-10-16;7-5(3-10)1-6-2-8-4-9-6;/h1-14H;2,4-5H,1,7H2,(H,8,9);/q;-1;/t;5-;/m.0./s1. The fourth-order valence-corrected chi connectivity index (χ4v) is 2.22. The number of carbonyl (C=O) groups excluding carboxylic acids is 2. The molecule has 1 atom stereocenters. The Hall–Kier alpha value is -2.91. The zero-order chi connectivity index (χ0) is 20.0. The van der Waals surface area contributed by atoms with Crippen LogP contribution in [0.4, 0.5) is 0 Å². The number of hydrogen-bond acceptors (Lipinski definition) is 4. The normalized spacial score (nSPS) is 11.3. The number of aromatic amines is 1. The Bertz CT molecular complexity index is 841. The summed E-state index contributed by atoms with van der Waals surface area (Å²) in [5, 5.41) is 0. The van der Waals surface area contributed by atoms with Gasteiger partial charge in [0, 0.05) is 32.3 Å².